The smallest absolute Gasteiger partial charge is 0.257 e. The molecule has 0 aliphatic carbocycles. The zero-order valence-corrected chi connectivity index (χ0v) is 14.9. The maximum atomic E-state index is 12.8. The van der Waals surface area contributed by atoms with Gasteiger partial charge in [0.25, 0.3) is 5.91 Å². The van der Waals surface area contributed by atoms with E-state index in [2.05, 4.69) is 10.3 Å². The van der Waals surface area contributed by atoms with Crippen LogP contribution in [0.2, 0.25) is 5.02 Å². The van der Waals surface area contributed by atoms with E-state index in [9.17, 15) is 4.79 Å². The monoisotopic (exact) mass is 361 g/mol. The standard InChI is InChI=1S/C21H16ClN3O/c1-14-6-2-3-7-17(14)21(26)24-20-19(15-9-11-16(22)12-10-15)23-18-8-4-5-13-25(18)20/h2-13H,1H3,(H,24,26). The van der Waals surface area contributed by atoms with E-state index in [1.807, 2.05) is 84.3 Å². The van der Waals surface area contributed by atoms with E-state index in [1.165, 1.54) is 0 Å². The van der Waals surface area contributed by atoms with E-state index in [-0.39, 0.29) is 5.91 Å². The molecule has 0 atom stereocenters. The fraction of sp³-hybridized carbons (Fsp3) is 0.0476. The van der Waals surface area contributed by atoms with Crippen molar-refractivity contribution in [1.29, 1.82) is 0 Å². The molecule has 26 heavy (non-hydrogen) atoms. The molecule has 0 saturated carbocycles. The van der Waals surface area contributed by atoms with Gasteiger partial charge in [-0.25, -0.2) is 4.98 Å². The molecule has 4 rings (SSSR count). The summed E-state index contributed by atoms with van der Waals surface area (Å²) in [5.74, 6) is 0.472. The van der Waals surface area contributed by atoms with Crippen LogP contribution in [0.5, 0.6) is 0 Å². The van der Waals surface area contributed by atoms with Crippen molar-refractivity contribution in [3.05, 3.63) is 89.1 Å². The van der Waals surface area contributed by atoms with Gasteiger partial charge in [0, 0.05) is 22.3 Å². The molecular weight excluding hydrogens is 346 g/mol. The normalized spacial score (nSPS) is 10.8. The van der Waals surface area contributed by atoms with Crippen LogP contribution in [0.1, 0.15) is 15.9 Å². The largest absolute Gasteiger partial charge is 0.306 e. The first kappa shape index (κ1) is 16.4. The van der Waals surface area contributed by atoms with E-state index >= 15 is 0 Å². The highest BCUT2D eigenvalue weighted by atomic mass is 35.5. The SMILES string of the molecule is Cc1ccccc1C(=O)Nc1c(-c2ccc(Cl)cc2)nc2ccccn12. The first-order valence-electron chi connectivity index (χ1n) is 8.23. The lowest BCUT2D eigenvalue weighted by atomic mass is 10.1. The molecule has 0 radical (unpaired) electrons. The highest BCUT2D eigenvalue weighted by Crippen LogP contribution is 2.30. The van der Waals surface area contributed by atoms with Crippen LogP contribution in [0, 0.1) is 6.92 Å². The Morgan fingerprint density at radius 1 is 1.00 bits per heavy atom. The Hall–Kier alpha value is -3.11. The minimum Gasteiger partial charge on any atom is -0.306 e. The number of amides is 1. The van der Waals surface area contributed by atoms with E-state index in [1.54, 1.807) is 0 Å². The lowest BCUT2D eigenvalue weighted by molar-refractivity contribution is 0.102. The van der Waals surface area contributed by atoms with Gasteiger partial charge in [0.1, 0.15) is 17.2 Å². The molecule has 5 heteroatoms. The quantitative estimate of drug-likeness (QED) is 0.544. The second kappa shape index (κ2) is 6.65. The molecule has 4 aromatic rings. The fourth-order valence-corrected chi connectivity index (χ4v) is 3.05. The number of aryl methyl sites for hydroxylation is 1. The Kier molecular flexibility index (Phi) is 4.19. The topological polar surface area (TPSA) is 46.4 Å². The molecule has 1 amide bonds. The highest BCUT2D eigenvalue weighted by Gasteiger charge is 2.17. The molecule has 2 aromatic carbocycles. The summed E-state index contributed by atoms with van der Waals surface area (Å²) in [4.78, 5) is 17.5. The predicted molar refractivity (Wildman–Crippen MR) is 105 cm³/mol. The first-order chi connectivity index (χ1) is 12.6. The number of nitrogens with zero attached hydrogens (tertiary/aromatic N) is 2. The number of anilines is 1. The number of halogens is 1. The summed E-state index contributed by atoms with van der Waals surface area (Å²) in [6.45, 7) is 1.92. The fourth-order valence-electron chi connectivity index (χ4n) is 2.93. The van der Waals surface area contributed by atoms with E-state index in [4.69, 9.17) is 11.6 Å². The zero-order valence-electron chi connectivity index (χ0n) is 14.1. The summed E-state index contributed by atoms with van der Waals surface area (Å²) in [7, 11) is 0. The Morgan fingerprint density at radius 3 is 2.50 bits per heavy atom. The van der Waals surface area contributed by atoms with Gasteiger partial charge in [-0.05, 0) is 42.8 Å². The summed E-state index contributed by atoms with van der Waals surface area (Å²) in [5.41, 5.74) is 3.91. The number of rotatable bonds is 3. The molecule has 0 aliphatic heterocycles. The lowest BCUT2D eigenvalue weighted by Gasteiger charge is -2.09. The van der Waals surface area contributed by atoms with Crippen molar-refractivity contribution in [2.75, 3.05) is 5.32 Å². The molecule has 0 bridgehead atoms. The van der Waals surface area contributed by atoms with Crippen LogP contribution in [-0.2, 0) is 0 Å². The molecule has 0 aliphatic rings. The highest BCUT2D eigenvalue weighted by molar-refractivity contribution is 6.30. The van der Waals surface area contributed by atoms with Crippen molar-refractivity contribution < 1.29 is 4.79 Å². The Labute approximate surface area is 156 Å². The summed E-state index contributed by atoms with van der Waals surface area (Å²) in [6, 6.07) is 20.7. The number of imidazole rings is 1. The van der Waals surface area contributed by atoms with E-state index in [0.29, 0.717) is 22.1 Å². The third kappa shape index (κ3) is 2.95. The molecule has 2 heterocycles. The number of hydrogen-bond acceptors (Lipinski definition) is 2. The second-order valence-electron chi connectivity index (χ2n) is 6.01. The maximum Gasteiger partial charge on any atom is 0.257 e. The van der Waals surface area contributed by atoms with Gasteiger partial charge in [0.05, 0.1) is 0 Å². The molecular formula is C21H16ClN3O. The van der Waals surface area contributed by atoms with Gasteiger partial charge in [-0.2, -0.15) is 0 Å². The molecule has 4 nitrogen and oxygen atoms in total. The Morgan fingerprint density at radius 2 is 1.73 bits per heavy atom. The van der Waals surface area contributed by atoms with Gasteiger partial charge in [-0.15, -0.1) is 0 Å². The number of aromatic nitrogens is 2. The minimum absolute atomic E-state index is 0.163. The molecule has 0 unspecified atom stereocenters. The van der Waals surface area contributed by atoms with Crippen molar-refractivity contribution in [3.8, 4) is 11.3 Å². The van der Waals surface area contributed by atoms with E-state index < -0.39 is 0 Å². The van der Waals surface area contributed by atoms with Crippen LogP contribution in [0.3, 0.4) is 0 Å². The number of nitrogens with one attached hydrogen (secondary N) is 1. The average molecular weight is 362 g/mol. The summed E-state index contributed by atoms with van der Waals surface area (Å²) in [5, 5.41) is 3.69. The summed E-state index contributed by atoms with van der Waals surface area (Å²) in [6.07, 6.45) is 1.88. The van der Waals surface area contributed by atoms with Crippen molar-refractivity contribution in [3.63, 3.8) is 0 Å². The predicted octanol–water partition coefficient (Wildman–Crippen LogP) is 5.22. The van der Waals surface area contributed by atoms with Crippen LogP contribution in [0.4, 0.5) is 5.82 Å². The van der Waals surface area contributed by atoms with E-state index in [0.717, 1.165) is 16.8 Å². The number of hydrogen-bond donors (Lipinski definition) is 1. The molecule has 2 aromatic heterocycles. The van der Waals surface area contributed by atoms with Crippen molar-refractivity contribution in [1.82, 2.24) is 9.38 Å². The molecule has 0 saturated heterocycles. The number of fused-ring (bicyclic) bond motifs is 1. The minimum atomic E-state index is -0.163. The first-order valence-corrected chi connectivity index (χ1v) is 8.61. The Balaban J connectivity index is 1.83. The van der Waals surface area contributed by atoms with Gasteiger partial charge in [-0.1, -0.05) is 48.0 Å². The van der Waals surface area contributed by atoms with Crippen LogP contribution >= 0.6 is 11.6 Å². The average Bonchev–Trinajstić information content (AvgIpc) is 3.01. The van der Waals surface area contributed by atoms with Crippen LogP contribution in [0.15, 0.2) is 72.9 Å². The lowest BCUT2D eigenvalue weighted by Crippen LogP contribution is -2.15. The maximum absolute atomic E-state index is 12.8. The molecule has 1 N–H and O–H groups in total. The van der Waals surface area contributed by atoms with Crippen molar-refractivity contribution in [2.24, 2.45) is 0 Å². The number of benzene rings is 2. The molecule has 0 fully saturated rings. The third-order valence-corrected chi connectivity index (χ3v) is 4.52. The summed E-state index contributed by atoms with van der Waals surface area (Å²) >= 11 is 6.00. The van der Waals surface area contributed by atoms with Gasteiger partial charge in [-0.3, -0.25) is 9.20 Å². The van der Waals surface area contributed by atoms with Gasteiger partial charge < -0.3 is 5.32 Å². The molecule has 0 spiro atoms. The van der Waals surface area contributed by atoms with Crippen molar-refractivity contribution in [2.45, 2.75) is 6.92 Å². The Bertz CT molecular complexity index is 1100. The van der Waals surface area contributed by atoms with Gasteiger partial charge >= 0.3 is 0 Å². The number of carbonyl (C=O) groups excluding carboxylic acids is 1. The van der Waals surface area contributed by atoms with Crippen LogP contribution in [-0.4, -0.2) is 15.3 Å². The van der Waals surface area contributed by atoms with Gasteiger partial charge in [0.2, 0.25) is 0 Å². The number of carbonyl (C=O) groups is 1. The third-order valence-electron chi connectivity index (χ3n) is 4.27. The van der Waals surface area contributed by atoms with Gasteiger partial charge in [0.15, 0.2) is 0 Å². The van der Waals surface area contributed by atoms with Crippen LogP contribution < -0.4 is 5.32 Å². The number of pyridine rings is 1. The van der Waals surface area contributed by atoms with Crippen LogP contribution in [0.25, 0.3) is 16.9 Å². The molecule has 128 valence electrons. The van der Waals surface area contributed by atoms with Crippen molar-refractivity contribution >= 4 is 29.0 Å². The second-order valence-corrected chi connectivity index (χ2v) is 6.45. The zero-order chi connectivity index (χ0) is 18.1. The summed E-state index contributed by atoms with van der Waals surface area (Å²) < 4.78 is 1.88.